The van der Waals surface area contributed by atoms with Gasteiger partial charge in [-0.2, -0.15) is 0 Å². The second-order valence-corrected chi connectivity index (χ2v) is 6.44. The van der Waals surface area contributed by atoms with E-state index in [4.69, 9.17) is 5.11 Å². The highest BCUT2D eigenvalue weighted by molar-refractivity contribution is 5.75. The number of aliphatic carboxylic acids is 1. The molecule has 0 saturated heterocycles. The van der Waals surface area contributed by atoms with Crippen LogP contribution in [0.4, 0.5) is 9.18 Å². The third-order valence-electron chi connectivity index (χ3n) is 4.90. The first kappa shape index (κ1) is 15.8. The molecule has 0 heterocycles. The van der Waals surface area contributed by atoms with Crippen molar-refractivity contribution in [1.29, 1.82) is 0 Å². The van der Waals surface area contributed by atoms with Crippen LogP contribution in [0.2, 0.25) is 0 Å². The normalized spacial score (nSPS) is 26.4. The lowest BCUT2D eigenvalue weighted by molar-refractivity contribution is -0.142. The Hall–Kier alpha value is -2.11. The molecule has 0 radical (unpaired) electrons. The molecule has 23 heavy (non-hydrogen) atoms. The number of urea groups is 1. The summed E-state index contributed by atoms with van der Waals surface area (Å²) >= 11 is 0. The van der Waals surface area contributed by atoms with Crippen molar-refractivity contribution in [3.8, 4) is 0 Å². The zero-order valence-corrected chi connectivity index (χ0v) is 12.8. The average molecular weight is 320 g/mol. The van der Waals surface area contributed by atoms with Gasteiger partial charge in [0, 0.05) is 6.04 Å². The van der Waals surface area contributed by atoms with Crippen LogP contribution < -0.4 is 10.6 Å². The van der Waals surface area contributed by atoms with Crippen molar-refractivity contribution in [2.45, 2.75) is 50.6 Å². The fraction of sp³-hybridized carbons (Fsp3) is 0.529. The molecule has 2 aliphatic carbocycles. The molecule has 3 rings (SSSR count). The molecule has 0 spiro atoms. The van der Waals surface area contributed by atoms with E-state index in [-0.39, 0.29) is 29.8 Å². The number of rotatable bonds is 3. The molecule has 2 amide bonds. The third-order valence-corrected chi connectivity index (χ3v) is 4.90. The number of hydrogen-bond acceptors (Lipinski definition) is 2. The molecule has 0 aliphatic heterocycles. The van der Waals surface area contributed by atoms with E-state index in [1.807, 2.05) is 0 Å². The van der Waals surface area contributed by atoms with Crippen LogP contribution in [0.5, 0.6) is 0 Å². The van der Waals surface area contributed by atoms with E-state index in [0.29, 0.717) is 25.7 Å². The molecule has 124 valence electrons. The molecule has 1 fully saturated rings. The highest BCUT2D eigenvalue weighted by Crippen LogP contribution is 2.31. The molecule has 1 aromatic carbocycles. The van der Waals surface area contributed by atoms with Crippen molar-refractivity contribution in [3.63, 3.8) is 0 Å². The third kappa shape index (κ3) is 3.63. The smallest absolute Gasteiger partial charge is 0.315 e. The monoisotopic (exact) mass is 320 g/mol. The van der Waals surface area contributed by atoms with Crippen LogP contribution in [0, 0.1) is 11.7 Å². The zero-order valence-electron chi connectivity index (χ0n) is 12.8. The van der Waals surface area contributed by atoms with E-state index in [2.05, 4.69) is 10.6 Å². The van der Waals surface area contributed by atoms with Gasteiger partial charge in [-0.15, -0.1) is 0 Å². The standard InChI is InChI=1S/C17H21FN2O3/c18-12-4-7-14-11(9-12)3-8-15(14)20-17(23)19-13-5-1-10(2-6-13)16(21)22/h4,7,9-10,13,15H,1-3,5-6,8H2,(H,21,22)(H2,19,20,23). The van der Waals surface area contributed by atoms with Crippen molar-refractivity contribution in [3.05, 3.63) is 35.1 Å². The lowest BCUT2D eigenvalue weighted by atomic mass is 9.86. The van der Waals surface area contributed by atoms with E-state index in [9.17, 15) is 14.0 Å². The molecule has 6 heteroatoms. The quantitative estimate of drug-likeness (QED) is 0.801. The number of nitrogens with one attached hydrogen (secondary N) is 2. The summed E-state index contributed by atoms with van der Waals surface area (Å²) in [7, 11) is 0. The summed E-state index contributed by atoms with van der Waals surface area (Å²) in [6.45, 7) is 0. The Morgan fingerprint density at radius 1 is 1.09 bits per heavy atom. The molecule has 5 nitrogen and oxygen atoms in total. The molecular weight excluding hydrogens is 299 g/mol. The summed E-state index contributed by atoms with van der Waals surface area (Å²) in [6, 6.07) is 4.40. The van der Waals surface area contributed by atoms with Crippen LogP contribution in [0.1, 0.15) is 49.3 Å². The lowest BCUT2D eigenvalue weighted by Gasteiger charge is -2.27. The number of hydrogen-bond donors (Lipinski definition) is 3. The summed E-state index contributed by atoms with van der Waals surface area (Å²) in [5.41, 5.74) is 1.94. The summed E-state index contributed by atoms with van der Waals surface area (Å²) in [5, 5.41) is 14.9. The van der Waals surface area contributed by atoms with Gasteiger partial charge in [-0.25, -0.2) is 9.18 Å². The van der Waals surface area contributed by atoms with Crippen LogP contribution in [0.15, 0.2) is 18.2 Å². The summed E-state index contributed by atoms with van der Waals surface area (Å²) in [6.07, 6.45) is 4.13. The summed E-state index contributed by atoms with van der Waals surface area (Å²) < 4.78 is 13.2. The van der Waals surface area contributed by atoms with Crippen molar-refractivity contribution in [1.82, 2.24) is 10.6 Å². The zero-order chi connectivity index (χ0) is 16.4. The molecule has 2 aliphatic rings. The number of carboxylic acids is 1. The Morgan fingerprint density at radius 2 is 1.83 bits per heavy atom. The van der Waals surface area contributed by atoms with E-state index in [0.717, 1.165) is 24.0 Å². The molecule has 0 aromatic heterocycles. The van der Waals surface area contributed by atoms with E-state index in [1.165, 1.54) is 12.1 Å². The first-order valence-electron chi connectivity index (χ1n) is 8.11. The van der Waals surface area contributed by atoms with Crippen LogP contribution >= 0.6 is 0 Å². The van der Waals surface area contributed by atoms with E-state index in [1.54, 1.807) is 6.07 Å². The summed E-state index contributed by atoms with van der Waals surface area (Å²) in [4.78, 5) is 23.1. The maximum atomic E-state index is 13.2. The van der Waals surface area contributed by atoms with Crippen LogP contribution in [-0.4, -0.2) is 23.1 Å². The second-order valence-electron chi connectivity index (χ2n) is 6.44. The van der Waals surface area contributed by atoms with Crippen molar-refractivity contribution in [2.24, 2.45) is 5.92 Å². The van der Waals surface area contributed by atoms with Gasteiger partial charge < -0.3 is 15.7 Å². The van der Waals surface area contributed by atoms with Gasteiger partial charge in [-0.1, -0.05) is 6.07 Å². The Balaban J connectivity index is 1.51. The SMILES string of the molecule is O=C(NC1CCC(C(=O)O)CC1)NC1CCc2cc(F)ccc21. The summed E-state index contributed by atoms with van der Waals surface area (Å²) in [5.74, 6) is -1.28. The largest absolute Gasteiger partial charge is 0.481 e. The van der Waals surface area contributed by atoms with Gasteiger partial charge in [-0.05, 0) is 61.8 Å². The van der Waals surface area contributed by atoms with E-state index < -0.39 is 5.97 Å². The number of aryl methyl sites for hydroxylation is 1. The highest BCUT2D eigenvalue weighted by atomic mass is 19.1. The van der Waals surface area contributed by atoms with Gasteiger partial charge in [-0.3, -0.25) is 4.79 Å². The minimum absolute atomic E-state index is 0.0275. The van der Waals surface area contributed by atoms with Gasteiger partial charge in [0.2, 0.25) is 0 Å². The highest BCUT2D eigenvalue weighted by Gasteiger charge is 2.28. The number of carbonyl (C=O) groups excluding carboxylic acids is 1. The molecule has 1 atom stereocenters. The van der Waals surface area contributed by atoms with Crippen LogP contribution in [-0.2, 0) is 11.2 Å². The predicted octanol–water partition coefficient (Wildman–Crippen LogP) is 2.76. The van der Waals surface area contributed by atoms with Crippen molar-refractivity contribution in [2.75, 3.05) is 0 Å². The average Bonchev–Trinajstić information content (AvgIpc) is 2.89. The Kier molecular flexibility index (Phi) is 4.50. The van der Waals surface area contributed by atoms with Crippen LogP contribution in [0.3, 0.4) is 0 Å². The van der Waals surface area contributed by atoms with Gasteiger partial charge >= 0.3 is 12.0 Å². The maximum absolute atomic E-state index is 13.2. The molecule has 1 aromatic rings. The molecular formula is C17H21FN2O3. The fourth-order valence-electron chi connectivity index (χ4n) is 3.61. The van der Waals surface area contributed by atoms with Crippen molar-refractivity contribution < 1.29 is 19.1 Å². The Bertz CT molecular complexity index is 612. The predicted molar refractivity (Wildman–Crippen MR) is 82.5 cm³/mol. The minimum atomic E-state index is -0.748. The minimum Gasteiger partial charge on any atom is -0.481 e. The number of carbonyl (C=O) groups is 2. The second kappa shape index (κ2) is 6.56. The number of benzene rings is 1. The number of carboxylic acid groups (broad SMARTS) is 1. The van der Waals surface area contributed by atoms with Gasteiger partial charge in [0.05, 0.1) is 12.0 Å². The van der Waals surface area contributed by atoms with Gasteiger partial charge in [0.1, 0.15) is 5.82 Å². The Labute approximate surface area is 134 Å². The van der Waals surface area contributed by atoms with E-state index >= 15 is 0 Å². The molecule has 3 N–H and O–H groups in total. The molecule has 1 saturated carbocycles. The first-order chi connectivity index (χ1) is 11.0. The number of halogens is 1. The lowest BCUT2D eigenvalue weighted by Crippen LogP contribution is -2.45. The van der Waals surface area contributed by atoms with Gasteiger partial charge in [0.25, 0.3) is 0 Å². The molecule has 1 unspecified atom stereocenters. The maximum Gasteiger partial charge on any atom is 0.315 e. The van der Waals surface area contributed by atoms with Crippen molar-refractivity contribution >= 4 is 12.0 Å². The Morgan fingerprint density at radius 3 is 2.52 bits per heavy atom. The first-order valence-corrected chi connectivity index (χ1v) is 8.11. The van der Waals surface area contributed by atoms with Gasteiger partial charge in [0.15, 0.2) is 0 Å². The molecule has 0 bridgehead atoms. The number of amides is 2. The fourth-order valence-corrected chi connectivity index (χ4v) is 3.61. The van der Waals surface area contributed by atoms with Crippen LogP contribution in [0.25, 0.3) is 0 Å². The topological polar surface area (TPSA) is 78.4 Å². The number of fused-ring (bicyclic) bond motifs is 1.